The first-order chi connectivity index (χ1) is 25.9. The summed E-state index contributed by atoms with van der Waals surface area (Å²) in [5.41, 5.74) is 2.77. The third-order valence-electron chi connectivity index (χ3n) is 11.6. The Morgan fingerprint density at radius 1 is 0.962 bits per heavy atom. The molecule has 3 N–H and O–H groups in total. The van der Waals surface area contributed by atoms with Crippen LogP contribution in [-0.2, 0) is 14.4 Å². The third kappa shape index (κ3) is 10.9. The number of allylic oxidation sites excluding steroid dienone is 1. The van der Waals surface area contributed by atoms with Crippen LogP contribution in [0, 0.1) is 17.8 Å². The van der Waals surface area contributed by atoms with E-state index in [1.54, 1.807) is 12.1 Å². The minimum atomic E-state index is -1.24. The van der Waals surface area contributed by atoms with E-state index in [2.05, 4.69) is 26.5 Å². The molecule has 1 saturated carbocycles. The number of amides is 1. The molecule has 3 aliphatic rings. The number of nitrogens with zero attached hydrogens (tertiary/aromatic N) is 2. The summed E-state index contributed by atoms with van der Waals surface area (Å²) in [5, 5.41) is 35.2. The third-order valence-corrected chi connectivity index (χ3v) is 11.6. The number of aliphatic hydroxyl groups excluding tert-OH is 2. The zero-order valence-corrected chi connectivity index (χ0v) is 33.1. The quantitative estimate of drug-likeness (QED) is 0.0492. The van der Waals surface area contributed by atoms with E-state index in [4.69, 9.17) is 19.5 Å². The monoisotopic (exact) mass is 739 g/mol. The van der Waals surface area contributed by atoms with Crippen molar-refractivity contribution in [3.05, 3.63) is 48.1 Å². The van der Waals surface area contributed by atoms with Crippen molar-refractivity contribution in [1.82, 2.24) is 4.90 Å². The molecular formula is C44H70N2O7. The fraction of sp³-hybridized carbons (Fsp3) is 0.727. The van der Waals surface area contributed by atoms with Gasteiger partial charge in [-0.05, 0) is 81.1 Å². The molecule has 0 aromatic heterocycles. The van der Waals surface area contributed by atoms with Crippen LogP contribution in [0.5, 0.6) is 11.5 Å². The zero-order chi connectivity index (χ0) is 38.1. The molecule has 1 aromatic carbocycles. The minimum absolute atomic E-state index is 0.110. The minimum Gasteiger partial charge on any atom is -0.508 e. The van der Waals surface area contributed by atoms with E-state index in [-0.39, 0.29) is 55.1 Å². The number of rotatable bonds is 26. The molecular weight excluding hydrogens is 668 g/mol. The zero-order valence-electron chi connectivity index (χ0n) is 33.1. The molecule has 0 radical (unpaired) electrons. The summed E-state index contributed by atoms with van der Waals surface area (Å²) in [6.45, 7) is 11.8. The average molecular weight is 739 g/mol. The van der Waals surface area contributed by atoms with E-state index >= 15 is 0 Å². The van der Waals surface area contributed by atoms with Crippen LogP contribution in [0.15, 0.2) is 47.7 Å². The van der Waals surface area contributed by atoms with Crippen LogP contribution < -0.4 is 4.74 Å². The van der Waals surface area contributed by atoms with Crippen LogP contribution >= 0.6 is 0 Å². The van der Waals surface area contributed by atoms with Crippen LogP contribution in [0.4, 0.5) is 0 Å². The lowest BCUT2D eigenvalue weighted by Gasteiger charge is -2.60. The van der Waals surface area contributed by atoms with Gasteiger partial charge < -0.3 is 34.5 Å². The Kier molecular flexibility index (Phi) is 18.2. The van der Waals surface area contributed by atoms with E-state index in [0.29, 0.717) is 38.2 Å². The molecule has 1 aromatic rings. The highest BCUT2D eigenvalue weighted by Gasteiger charge is 2.65. The molecule has 53 heavy (non-hydrogen) atoms. The van der Waals surface area contributed by atoms with E-state index in [1.807, 2.05) is 24.0 Å². The van der Waals surface area contributed by atoms with Gasteiger partial charge >= 0.3 is 0 Å². The molecule has 6 atom stereocenters. The number of fused-ring (bicyclic) bond motifs is 2. The molecule has 0 bridgehead atoms. The van der Waals surface area contributed by atoms with Crippen LogP contribution in [0.2, 0.25) is 0 Å². The Morgan fingerprint density at radius 2 is 1.66 bits per heavy atom. The molecule has 0 unspecified atom stereocenters. The predicted octanol–water partition coefficient (Wildman–Crippen LogP) is 9.21. The molecule has 9 heteroatoms. The number of benzene rings is 1. The lowest BCUT2D eigenvalue weighted by atomic mass is 9.55. The standard InChI is InChI=1S/C44H70N2O7/c1-5-9-10-11-12-13-14-15-16-23-41(50)46(26-6-2)40-32-38(45-52-8-4)36-30-33(21-17-19-27-47)35(22-18-20-28-48)42-37-31-34(49)24-25-39(37)53-44(40,43(36)42)51-29-7-3/h7,24-25,30-31,33,35,40,42-43,47-49H,3,5-6,8-23,26-29,32H2,1-2,4H3/t33-,35+,40-,42+,43+,44+/m0/s1. The van der Waals surface area contributed by atoms with Crippen molar-refractivity contribution in [2.45, 2.75) is 154 Å². The maximum atomic E-state index is 14.5. The highest BCUT2D eigenvalue weighted by molar-refractivity contribution is 6.03. The van der Waals surface area contributed by atoms with E-state index < -0.39 is 11.8 Å². The fourth-order valence-corrected chi connectivity index (χ4v) is 9.23. The van der Waals surface area contributed by atoms with Gasteiger partial charge in [-0.1, -0.05) is 95.4 Å². The van der Waals surface area contributed by atoms with Crippen molar-refractivity contribution in [3.63, 3.8) is 0 Å². The largest absolute Gasteiger partial charge is 0.508 e. The number of aliphatic hydroxyl groups is 2. The lowest BCUT2D eigenvalue weighted by Crippen LogP contribution is -2.70. The molecule has 2 aliphatic carbocycles. The summed E-state index contributed by atoms with van der Waals surface area (Å²) in [6.07, 6.45) is 21.4. The second-order valence-corrected chi connectivity index (χ2v) is 15.4. The summed E-state index contributed by atoms with van der Waals surface area (Å²) in [4.78, 5) is 22.3. The number of unbranched alkanes of at least 4 members (excludes halogenated alkanes) is 10. The second kappa shape index (κ2) is 22.5. The first kappa shape index (κ1) is 42.9. The van der Waals surface area contributed by atoms with Crippen LogP contribution in [0.1, 0.15) is 148 Å². The molecule has 0 spiro atoms. The van der Waals surface area contributed by atoms with Gasteiger partial charge in [0.15, 0.2) is 0 Å². The van der Waals surface area contributed by atoms with Gasteiger partial charge in [0, 0.05) is 44.1 Å². The van der Waals surface area contributed by atoms with Gasteiger partial charge in [-0.25, -0.2) is 0 Å². The van der Waals surface area contributed by atoms with Crippen LogP contribution in [-0.4, -0.2) is 76.6 Å². The number of ether oxygens (including phenoxy) is 2. The summed E-state index contributed by atoms with van der Waals surface area (Å²) in [7, 11) is 0. The first-order valence-corrected chi connectivity index (χ1v) is 21.1. The van der Waals surface area contributed by atoms with Gasteiger partial charge in [-0.3, -0.25) is 4.79 Å². The van der Waals surface area contributed by atoms with Crippen molar-refractivity contribution in [3.8, 4) is 11.5 Å². The van der Waals surface area contributed by atoms with Gasteiger partial charge in [0.2, 0.25) is 11.7 Å². The molecule has 1 amide bonds. The van der Waals surface area contributed by atoms with Crippen molar-refractivity contribution >= 4 is 11.6 Å². The molecule has 0 saturated heterocycles. The van der Waals surface area contributed by atoms with E-state index in [0.717, 1.165) is 74.6 Å². The molecule has 9 nitrogen and oxygen atoms in total. The van der Waals surface area contributed by atoms with E-state index in [1.165, 1.54) is 38.5 Å². The molecule has 1 aliphatic heterocycles. The summed E-state index contributed by atoms with van der Waals surface area (Å²) >= 11 is 0. The smallest absolute Gasteiger partial charge is 0.239 e. The Hall–Kier alpha value is -2.88. The second-order valence-electron chi connectivity index (χ2n) is 15.4. The molecule has 1 fully saturated rings. The highest BCUT2D eigenvalue weighted by Crippen LogP contribution is 2.61. The highest BCUT2D eigenvalue weighted by atomic mass is 16.7. The van der Waals surface area contributed by atoms with Gasteiger partial charge in [0.25, 0.3) is 0 Å². The SMILES string of the molecule is C=CCO[C@@]12Oc3ccc(O)cc3[C@H]3[C@H](CCCCO)[C@@H](CCCCO)C=C(C(=NOCC)C[C@@H]1N(CCC)C(=O)CCCCCCCCCCC)[C@H]32. The van der Waals surface area contributed by atoms with Crippen molar-refractivity contribution in [2.24, 2.45) is 22.9 Å². The molecule has 1 heterocycles. The Bertz CT molecular complexity index is 1330. The predicted molar refractivity (Wildman–Crippen MR) is 212 cm³/mol. The maximum absolute atomic E-state index is 14.5. The molecule has 298 valence electrons. The van der Waals surface area contributed by atoms with Gasteiger partial charge in [0.1, 0.15) is 24.1 Å². The Balaban J connectivity index is 1.80. The summed E-state index contributed by atoms with van der Waals surface area (Å²) in [5.74, 6) is -0.476. The van der Waals surface area contributed by atoms with E-state index in [9.17, 15) is 20.1 Å². The molecule has 4 rings (SSSR count). The number of hydrogen-bond acceptors (Lipinski definition) is 8. The van der Waals surface area contributed by atoms with Crippen LogP contribution in [0.3, 0.4) is 0 Å². The van der Waals surface area contributed by atoms with Gasteiger partial charge in [0.05, 0.1) is 18.2 Å². The van der Waals surface area contributed by atoms with Gasteiger partial charge in [-0.15, -0.1) is 6.58 Å². The number of oxime groups is 1. The summed E-state index contributed by atoms with van der Waals surface area (Å²) in [6, 6.07) is 4.87. The first-order valence-electron chi connectivity index (χ1n) is 21.1. The summed E-state index contributed by atoms with van der Waals surface area (Å²) < 4.78 is 14.2. The number of phenols is 1. The van der Waals surface area contributed by atoms with Crippen molar-refractivity contribution in [1.29, 1.82) is 0 Å². The van der Waals surface area contributed by atoms with Crippen molar-refractivity contribution in [2.75, 3.05) is 33.0 Å². The Labute approximate surface area is 319 Å². The number of carbonyl (C=O) groups excluding carboxylic acids is 1. The van der Waals surface area contributed by atoms with Crippen LogP contribution in [0.25, 0.3) is 0 Å². The van der Waals surface area contributed by atoms with Crippen molar-refractivity contribution < 1.29 is 34.4 Å². The number of aromatic hydroxyl groups is 1. The average Bonchev–Trinajstić information content (AvgIpc) is 3.16. The topological polar surface area (TPSA) is 121 Å². The number of hydrogen-bond donors (Lipinski definition) is 3. The number of carbonyl (C=O) groups is 1. The lowest BCUT2D eigenvalue weighted by molar-refractivity contribution is -0.257. The number of phenolic OH excluding ortho intramolecular Hbond substituents is 1. The van der Waals surface area contributed by atoms with Gasteiger partial charge in [-0.2, -0.15) is 0 Å². The Morgan fingerprint density at radius 3 is 2.32 bits per heavy atom. The maximum Gasteiger partial charge on any atom is 0.239 e. The normalized spacial score (nSPS) is 25.3. The fourth-order valence-electron chi connectivity index (χ4n) is 9.23.